The van der Waals surface area contributed by atoms with Crippen molar-refractivity contribution in [1.82, 2.24) is 4.90 Å². The van der Waals surface area contributed by atoms with Crippen LogP contribution in [0.1, 0.15) is 20.3 Å². The van der Waals surface area contributed by atoms with E-state index in [2.05, 4.69) is 13.8 Å². The van der Waals surface area contributed by atoms with Crippen molar-refractivity contribution in [2.75, 3.05) is 26.8 Å². The van der Waals surface area contributed by atoms with Crippen molar-refractivity contribution in [3.8, 4) is 0 Å². The Morgan fingerprint density at radius 2 is 2.00 bits per heavy atom. The molecule has 1 amide bonds. The Kier molecular flexibility index (Phi) is 4.54. The number of methoxy groups -OCH3 is 1. The first-order valence-electron chi connectivity index (χ1n) is 5.59. The maximum atomic E-state index is 11.9. The number of ether oxygens (including phenoxy) is 1. The summed E-state index contributed by atoms with van der Waals surface area (Å²) >= 11 is 0. The molecule has 1 aliphatic heterocycles. The Morgan fingerprint density at radius 3 is 2.47 bits per heavy atom. The lowest BCUT2D eigenvalue weighted by atomic mass is 10.0. The number of carbonyl (C=O) groups excluding carboxylic acids is 1. The summed E-state index contributed by atoms with van der Waals surface area (Å²) in [6.45, 7) is 6.60. The van der Waals surface area contributed by atoms with Crippen molar-refractivity contribution < 1.29 is 9.53 Å². The van der Waals surface area contributed by atoms with E-state index in [1.165, 1.54) is 0 Å². The summed E-state index contributed by atoms with van der Waals surface area (Å²) in [6.07, 6.45) is 0.606. The predicted molar refractivity (Wildman–Crippen MR) is 59.4 cm³/mol. The highest BCUT2D eigenvalue weighted by Crippen LogP contribution is 2.22. The highest BCUT2D eigenvalue weighted by atomic mass is 16.5. The summed E-state index contributed by atoms with van der Waals surface area (Å²) in [7, 11) is 1.62. The van der Waals surface area contributed by atoms with Crippen LogP contribution >= 0.6 is 0 Å². The van der Waals surface area contributed by atoms with Gasteiger partial charge in [0.1, 0.15) is 0 Å². The molecule has 0 aromatic heterocycles. The fourth-order valence-electron chi connectivity index (χ4n) is 1.91. The zero-order chi connectivity index (χ0) is 11.4. The zero-order valence-electron chi connectivity index (χ0n) is 9.90. The summed E-state index contributed by atoms with van der Waals surface area (Å²) in [5.41, 5.74) is 5.80. The smallest absolute Gasteiger partial charge is 0.239 e. The molecule has 0 aromatic carbocycles. The molecule has 3 atom stereocenters. The van der Waals surface area contributed by atoms with E-state index >= 15 is 0 Å². The molecule has 1 rings (SSSR count). The Balaban J connectivity index is 2.40. The molecule has 15 heavy (non-hydrogen) atoms. The molecule has 1 fully saturated rings. The number of nitrogens with two attached hydrogens (primary N) is 1. The summed E-state index contributed by atoms with van der Waals surface area (Å²) in [5.74, 6) is 1.25. The van der Waals surface area contributed by atoms with Crippen LogP contribution in [0.5, 0.6) is 0 Å². The number of amides is 1. The van der Waals surface area contributed by atoms with Gasteiger partial charge in [0.25, 0.3) is 0 Å². The van der Waals surface area contributed by atoms with E-state index in [0.29, 0.717) is 24.9 Å². The number of hydrogen-bond acceptors (Lipinski definition) is 3. The number of carbonyl (C=O) groups is 1. The van der Waals surface area contributed by atoms with Gasteiger partial charge >= 0.3 is 0 Å². The third-order valence-electron chi connectivity index (χ3n) is 3.25. The van der Waals surface area contributed by atoms with E-state index in [4.69, 9.17) is 10.5 Å². The lowest BCUT2D eigenvalue weighted by Gasteiger charge is -2.20. The zero-order valence-corrected chi connectivity index (χ0v) is 9.90. The molecule has 0 saturated carbocycles. The molecular formula is C11H22N2O2. The second-order valence-electron chi connectivity index (χ2n) is 4.59. The molecule has 1 heterocycles. The van der Waals surface area contributed by atoms with Crippen molar-refractivity contribution >= 4 is 5.91 Å². The van der Waals surface area contributed by atoms with Gasteiger partial charge in [-0.1, -0.05) is 13.8 Å². The largest absolute Gasteiger partial charge is 0.385 e. The normalized spacial score (nSPS) is 28.1. The van der Waals surface area contributed by atoms with Crippen molar-refractivity contribution in [3.05, 3.63) is 0 Å². The van der Waals surface area contributed by atoms with Crippen LogP contribution in [-0.2, 0) is 9.53 Å². The highest BCUT2D eigenvalue weighted by Gasteiger charge is 2.31. The van der Waals surface area contributed by atoms with Crippen LogP contribution in [0.2, 0.25) is 0 Å². The Morgan fingerprint density at radius 1 is 1.47 bits per heavy atom. The molecule has 4 nitrogen and oxygen atoms in total. The van der Waals surface area contributed by atoms with E-state index < -0.39 is 6.04 Å². The molecular weight excluding hydrogens is 192 g/mol. The molecule has 0 aromatic rings. The first-order valence-corrected chi connectivity index (χ1v) is 5.59. The third kappa shape index (κ3) is 3.18. The van der Waals surface area contributed by atoms with Gasteiger partial charge in [0.2, 0.25) is 5.91 Å². The SMILES string of the molecule is COCCC(N)C(=O)N1CC(C)C(C)C1. The van der Waals surface area contributed by atoms with E-state index in [-0.39, 0.29) is 5.91 Å². The average molecular weight is 214 g/mol. The topological polar surface area (TPSA) is 55.6 Å². The van der Waals surface area contributed by atoms with Crippen molar-refractivity contribution in [3.63, 3.8) is 0 Å². The summed E-state index contributed by atoms with van der Waals surface area (Å²) in [6, 6.07) is -0.401. The molecule has 0 radical (unpaired) electrons. The Bertz CT molecular complexity index is 211. The van der Waals surface area contributed by atoms with Gasteiger partial charge in [0, 0.05) is 26.8 Å². The van der Waals surface area contributed by atoms with E-state index in [1.54, 1.807) is 7.11 Å². The first kappa shape index (κ1) is 12.5. The summed E-state index contributed by atoms with van der Waals surface area (Å²) in [4.78, 5) is 13.8. The maximum absolute atomic E-state index is 11.9. The van der Waals surface area contributed by atoms with Crippen LogP contribution in [0, 0.1) is 11.8 Å². The van der Waals surface area contributed by atoms with Crippen LogP contribution in [0.25, 0.3) is 0 Å². The molecule has 1 saturated heterocycles. The molecule has 3 unspecified atom stereocenters. The predicted octanol–water partition coefficient (Wildman–Crippen LogP) is 0.465. The van der Waals surface area contributed by atoms with E-state index in [0.717, 1.165) is 13.1 Å². The van der Waals surface area contributed by atoms with Crippen molar-refractivity contribution in [2.45, 2.75) is 26.3 Å². The van der Waals surface area contributed by atoms with Crippen molar-refractivity contribution in [2.24, 2.45) is 17.6 Å². The fraction of sp³-hybridized carbons (Fsp3) is 0.909. The van der Waals surface area contributed by atoms with Crippen molar-refractivity contribution in [1.29, 1.82) is 0 Å². The molecule has 4 heteroatoms. The molecule has 0 bridgehead atoms. The van der Waals surface area contributed by atoms with Crippen LogP contribution in [0.4, 0.5) is 0 Å². The molecule has 2 N–H and O–H groups in total. The monoisotopic (exact) mass is 214 g/mol. The highest BCUT2D eigenvalue weighted by molar-refractivity contribution is 5.81. The number of hydrogen-bond donors (Lipinski definition) is 1. The van der Waals surface area contributed by atoms with E-state index in [1.807, 2.05) is 4.90 Å². The molecule has 0 aliphatic carbocycles. The van der Waals surface area contributed by atoms with Crippen LogP contribution in [-0.4, -0.2) is 43.7 Å². The van der Waals surface area contributed by atoms with Gasteiger partial charge in [0.05, 0.1) is 6.04 Å². The number of rotatable bonds is 4. The van der Waals surface area contributed by atoms with Gasteiger partial charge in [-0.05, 0) is 18.3 Å². The second-order valence-corrected chi connectivity index (χ2v) is 4.59. The number of likely N-dealkylation sites (tertiary alicyclic amines) is 1. The average Bonchev–Trinajstić information content (AvgIpc) is 2.54. The van der Waals surface area contributed by atoms with Gasteiger partial charge in [-0.25, -0.2) is 0 Å². The molecule has 0 spiro atoms. The van der Waals surface area contributed by atoms with Gasteiger partial charge in [-0.15, -0.1) is 0 Å². The lowest BCUT2D eigenvalue weighted by Crippen LogP contribution is -2.43. The van der Waals surface area contributed by atoms with Gasteiger partial charge < -0.3 is 15.4 Å². The fourth-order valence-corrected chi connectivity index (χ4v) is 1.91. The standard InChI is InChI=1S/C11H22N2O2/c1-8-6-13(7-9(8)2)11(14)10(12)4-5-15-3/h8-10H,4-7,12H2,1-3H3. The first-order chi connectivity index (χ1) is 7.06. The molecule has 1 aliphatic rings. The quantitative estimate of drug-likeness (QED) is 0.740. The number of nitrogens with zero attached hydrogens (tertiary/aromatic N) is 1. The van der Waals surface area contributed by atoms with Gasteiger partial charge in [-0.3, -0.25) is 4.79 Å². The van der Waals surface area contributed by atoms with Crippen LogP contribution < -0.4 is 5.73 Å². The third-order valence-corrected chi connectivity index (χ3v) is 3.25. The van der Waals surface area contributed by atoms with Crippen LogP contribution in [0.3, 0.4) is 0 Å². The summed E-state index contributed by atoms with van der Waals surface area (Å²) in [5, 5.41) is 0. The van der Waals surface area contributed by atoms with Gasteiger partial charge in [-0.2, -0.15) is 0 Å². The Labute approximate surface area is 91.8 Å². The minimum absolute atomic E-state index is 0.0725. The maximum Gasteiger partial charge on any atom is 0.239 e. The molecule has 88 valence electrons. The van der Waals surface area contributed by atoms with Crippen LogP contribution in [0.15, 0.2) is 0 Å². The summed E-state index contributed by atoms with van der Waals surface area (Å²) < 4.78 is 4.92. The lowest BCUT2D eigenvalue weighted by molar-refractivity contribution is -0.132. The Hall–Kier alpha value is -0.610. The van der Waals surface area contributed by atoms with E-state index in [9.17, 15) is 4.79 Å². The van der Waals surface area contributed by atoms with Gasteiger partial charge in [0.15, 0.2) is 0 Å². The minimum atomic E-state index is -0.401. The minimum Gasteiger partial charge on any atom is -0.385 e. The second kappa shape index (κ2) is 5.47.